The maximum absolute atomic E-state index is 11.7. The zero-order valence-electron chi connectivity index (χ0n) is 10.6. The van der Waals surface area contributed by atoms with E-state index in [1.54, 1.807) is 0 Å². The van der Waals surface area contributed by atoms with E-state index in [1.165, 1.54) is 32.1 Å². The van der Waals surface area contributed by atoms with Crippen LogP contribution in [0.1, 0.15) is 39.0 Å². The molecule has 2 aliphatic rings. The molecule has 2 rings (SSSR count). The summed E-state index contributed by atoms with van der Waals surface area (Å²) in [6, 6.07) is 0.584. The molecule has 2 atom stereocenters. The molecule has 2 unspecified atom stereocenters. The summed E-state index contributed by atoms with van der Waals surface area (Å²) >= 11 is 0. The van der Waals surface area contributed by atoms with Crippen molar-refractivity contribution in [3.05, 3.63) is 0 Å². The molecule has 0 aromatic rings. The molecule has 2 fully saturated rings. The van der Waals surface area contributed by atoms with Crippen LogP contribution in [0.25, 0.3) is 0 Å². The number of hydrogen-bond donors (Lipinski definition) is 2. The van der Waals surface area contributed by atoms with Gasteiger partial charge in [-0.3, -0.25) is 0 Å². The van der Waals surface area contributed by atoms with Gasteiger partial charge in [0.2, 0.25) is 10.0 Å². The largest absolute Gasteiger partial charge is 0.313 e. The third-order valence-corrected chi connectivity index (χ3v) is 5.12. The summed E-state index contributed by atoms with van der Waals surface area (Å²) in [5.74, 6) is 1.53. The standard InChI is InChI=1S/C12H24N2O2S/c1-10-2-3-11(8-10)9-14-17(15,16)7-6-13-12-4-5-12/h10-14H,2-9H2,1H3. The topological polar surface area (TPSA) is 58.2 Å². The molecule has 4 nitrogen and oxygen atoms in total. The Kier molecular flexibility index (Phi) is 4.44. The van der Waals surface area contributed by atoms with Gasteiger partial charge in [-0.05, 0) is 37.5 Å². The lowest BCUT2D eigenvalue weighted by Gasteiger charge is -2.11. The van der Waals surface area contributed by atoms with Crippen molar-refractivity contribution in [2.45, 2.75) is 45.1 Å². The van der Waals surface area contributed by atoms with Crippen LogP contribution in [0.15, 0.2) is 0 Å². The van der Waals surface area contributed by atoms with Gasteiger partial charge in [0.15, 0.2) is 0 Å². The molecule has 17 heavy (non-hydrogen) atoms. The van der Waals surface area contributed by atoms with Gasteiger partial charge in [-0.1, -0.05) is 13.3 Å². The lowest BCUT2D eigenvalue weighted by Crippen LogP contribution is -2.35. The molecule has 5 heteroatoms. The van der Waals surface area contributed by atoms with Crippen molar-refractivity contribution in [3.63, 3.8) is 0 Å². The van der Waals surface area contributed by atoms with Crippen LogP contribution < -0.4 is 10.0 Å². The second-order valence-corrected chi connectivity index (χ2v) is 7.61. The van der Waals surface area contributed by atoms with Gasteiger partial charge in [-0.15, -0.1) is 0 Å². The van der Waals surface area contributed by atoms with Gasteiger partial charge in [0, 0.05) is 19.1 Å². The smallest absolute Gasteiger partial charge is 0.212 e. The van der Waals surface area contributed by atoms with Crippen LogP contribution in [0.4, 0.5) is 0 Å². The first kappa shape index (κ1) is 13.3. The monoisotopic (exact) mass is 260 g/mol. The predicted molar refractivity (Wildman–Crippen MR) is 69.3 cm³/mol. The predicted octanol–water partition coefficient (Wildman–Crippen LogP) is 1.09. The minimum atomic E-state index is -3.07. The van der Waals surface area contributed by atoms with Crippen LogP contribution in [0.2, 0.25) is 0 Å². The Hall–Kier alpha value is -0.130. The Labute approximate surface area is 105 Å². The van der Waals surface area contributed by atoms with E-state index in [1.807, 2.05) is 0 Å². The van der Waals surface area contributed by atoms with Crippen LogP contribution in [-0.4, -0.2) is 33.3 Å². The maximum atomic E-state index is 11.7. The molecule has 0 aromatic heterocycles. The molecular formula is C12H24N2O2S. The number of sulfonamides is 1. The van der Waals surface area contributed by atoms with E-state index in [9.17, 15) is 8.42 Å². The van der Waals surface area contributed by atoms with Crippen LogP contribution >= 0.6 is 0 Å². The van der Waals surface area contributed by atoms with Gasteiger partial charge in [-0.25, -0.2) is 13.1 Å². The van der Waals surface area contributed by atoms with Gasteiger partial charge in [-0.2, -0.15) is 0 Å². The second kappa shape index (κ2) is 5.67. The highest BCUT2D eigenvalue weighted by molar-refractivity contribution is 7.89. The summed E-state index contributed by atoms with van der Waals surface area (Å²) in [6.07, 6.45) is 5.99. The van der Waals surface area contributed by atoms with E-state index in [0.717, 1.165) is 5.92 Å². The van der Waals surface area contributed by atoms with E-state index in [4.69, 9.17) is 0 Å². The third kappa shape index (κ3) is 4.94. The summed E-state index contributed by atoms with van der Waals surface area (Å²) in [5, 5.41) is 3.23. The molecule has 0 heterocycles. The Bertz CT molecular complexity index is 338. The quantitative estimate of drug-likeness (QED) is 0.720. The van der Waals surface area contributed by atoms with Gasteiger partial charge in [0.1, 0.15) is 0 Å². The Morgan fingerprint density at radius 2 is 1.94 bits per heavy atom. The molecule has 0 aliphatic heterocycles. The number of rotatable bonds is 7. The summed E-state index contributed by atoms with van der Waals surface area (Å²) in [6.45, 7) is 3.46. The first-order chi connectivity index (χ1) is 8.05. The van der Waals surface area contributed by atoms with Crippen molar-refractivity contribution in [3.8, 4) is 0 Å². The molecule has 2 aliphatic carbocycles. The highest BCUT2D eigenvalue weighted by atomic mass is 32.2. The Morgan fingerprint density at radius 1 is 1.18 bits per heavy atom. The van der Waals surface area contributed by atoms with Crippen molar-refractivity contribution in [2.75, 3.05) is 18.8 Å². The second-order valence-electron chi connectivity index (χ2n) is 5.68. The fourth-order valence-corrected chi connectivity index (χ4v) is 3.53. The van der Waals surface area contributed by atoms with E-state index < -0.39 is 10.0 Å². The lowest BCUT2D eigenvalue weighted by molar-refractivity contribution is 0.497. The average Bonchev–Trinajstić information content (AvgIpc) is 2.98. The third-order valence-electron chi connectivity index (χ3n) is 3.78. The summed E-state index contributed by atoms with van der Waals surface area (Å²) in [5.41, 5.74) is 0. The van der Waals surface area contributed by atoms with E-state index in [0.29, 0.717) is 25.0 Å². The van der Waals surface area contributed by atoms with Gasteiger partial charge in [0.25, 0.3) is 0 Å². The lowest BCUT2D eigenvalue weighted by atomic mass is 10.1. The van der Waals surface area contributed by atoms with Crippen molar-refractivity contribution < 1.29 is 8.42 Å². The molecular weight excluding hydrogens is 236 g/mol. The fraction of sp³-hybridized carbons (Fsp3) is 1.00. The van der Waals surface area contributed by atoms with Crippen molar-refractivity contribution in [1.29, 1.82) is 0 Å². The highest BCUT2D eigenvalue weighted by Crippen LogP contribution is 2.29. The van der Waals surface area contributed by atoms with Crippen molar-refractivity contribution in [1.82, 2.24) is 10.0 Å². The molecule has 0 radical (unpaired) electrons. The summed E-state index contributed by atoms with van der Waals surface area (Å²) in [7, 11) is -3.07. The van der Waals surface area contributed by atoms with E-state index >= 15 is 0 Å². The minimum absolute atomic E-state index is 0.214. The maximum Gasteiger partial charge on any atom is 0.212 e. The molecule has 0 bridgehead atoms. The molecule has 0 aromatic carbocycles. The summed E-state index contributed by atoms with van der Waals surface area (Å²) in [4.78, 5) is 0. The average molecular weight is 260 g/mol. The van der Waals surface area contributed by atoms with Gasteiger partial charge in [0.05, 0.1) is 5.75 Å². The number of nitrogens with one attached hydrogen (secondary N) is 2. The Balaban J connectivity index is 1.62. The summed E-state index contributed by atoms with van der Waals surface area (Å²) < 4.78 is 26.2. The molecule has 0 spiro atoms. The molecule has 0 saturated heterocycles. The van der Waals surface area contributed by atoms with Gasteiger partial charge < -0.3 is 5.32 Å². The normalized spacial score (nSPS) is 29.7. The van der Waals surface area contributed by atoms with Crippen LogP contribution in [0.5, 0.6) is 0 Å². The zero-order valence-corrected chi connectivity index (χ0v) is 11.4. The number of hydrogen-bond acceptors (Lipinski definition) is 3. The van der Waals surface area contributed by atoms with Crippen LogP contribution in [0.3, 0.4) is 0 Å². The zero-order chi connectivity index (χ0) is 12.3. The Morgan fingerprint density at radius 3 is 2.53 bits per heavy atom. The van der Waals surface area contributed by atoms with E-state index in [2.05, 4.69) is 17.0 Å². The first-order valence-electron chi connectivity index (χ1n) is 6.76. The highest BCUT2D eigenvalue weighted by Gasteiger charge is 2.24. The van der Waals surface area contributed by atoms with Crippen molar-refractivity contribution >= 4 is 10.0 Å². The molecule has 100 valence electrons. The van der Waals surface area contributed by atoms with E-state index in [-0.39, 0.29) is 5.75 Å². The molecule has 2 N–H and O–H groups in total. The first-order valence-corrected chi connectivity index (χ1v) is 8.41. The van der Waals surface area contributed by atoms with Crippen LogP contribution in [-0.2, 0) is 10.0 Å². The van der Waals surface area contributed by atoms with Gasteiger partial charge >= 0.3 is 0 Å². The fourth-order valence-electron chi connectivity index (χ4n) is 2.51. The molecule has 2 saturated carbocycles. The SMILES string of the molecule is CC1CCC(CNS(=O)(=O)CCNC2CC2)C1. The van der Waals surface area contributed by atoms with Crippen molar-refractivity contribution in [2.24, 2.45) is 11.8 Å². The minimum Gasteiger partial charge on any atom is -0.313 e. The van der Waals surface area contributed by atoms with Crippen LogP contribution in [0, 0.1) is 11.8 Å². The molecule has 0 amide bonds.